The summed E-state index contributed by atoms with van der Waals surface area (Å²) in [5.74, 6) is -1.06. The Labute approximate surface area is 111 Å². The molecule has 1 heterocycles. The van der Waals surface area contributed by atoms with Gasteiger partial charge in [0.25, 0.3) is 0 Å². The zero-order valence-electron chi connectivity index (χ0n) is 10.7. The van der Waals surface area contributed by atoms with Gasteiger partial charge < -0.3 is 15.1 Å². The standard InChI is InChI=1S/C14H17NO4/c1-9(14(18)19)11-7-15(8-11)13(17)6-10-3-2-4-12(16)5-10/h2-5,9,11,16H,6-8H2,1H3,(H,18,19). The summed E-state index contributed by atoms with van der Waals surface area (Å²) in [4.78, 5) is 24.4. The number of phenolic OH excluding ortho intramolecular Hbond substituents is 1. The van der Waals surface area contributed by atoms with Crippen LogP contribution in [-0.2, 0) is 16.0 Å². The summed E-state index contributed by atoms with van der Waals surface area (Å²) in [5.41, 5.74) is 0.764. The van der Waals surface area contributed by atoms with E-state index in [0.717, 1.165) is 5.56 Å². The second-order valence-corrected chi connectivity index (χ2v) is 5.03. The number of carboxylic acid groups (broad SMARTS) is 1. The molecule has 0 bridgehead atoms. The van der Waals surface area contributed by atoms with E-state index in [2.05, 4.69) is 0 Å². The highest BCUT2D eigenvalue weighted by molar-refractivity contribution is 5.80. The molecule has 1 aromatic rings. The van der Waals surface area contributed by atoms with E-state index in [1.807, 2.05) is 0 Å². The second kappa shape index (κ2) is 5.30. The monoisotopic (exact) mass is 263 g/mol. The largest absolute Gasteiger partial charge is 0.508 e. The maximum atomic E-state index is 11.9. The average Bonchev–Trinajstić information content (AvgIpc) is 2.26. The van der Waals surface area contributed by atoms with Gasteiger partial charge in [-0.2, -0.15) is 0 Å². The van der Waals surface area contributed by atoms with Crippen molar-refractivity contribution in [1.82, 2.24) is 4.90 Å². The van der Waals surface area contributed by atoms with Crippen molar-refractivity contribution in [3.63, 3.8) is 0 Å². The molecule has 2 N–H and O–H groups in total. The fraction of sp³-hybridized carbons (Fsp3) is 0.429. The van der Waals surface area contributed by atoms with E-state index in [-0.39, 0.29) is 24.0 Å². The lowest BCUT2D eigenvalue weighted by molar-refractivity contribution is -0.150. The minimum Gasteiger partial charge on any atom is -0.508 e. The lowest BCUT2D eigenvalue weighted by atomic mass is 9.87. The molecule has 2 rings (SSSR count). The highest BCUT2D eigenvalue weighted by Crippen LogP contribution is 2.25. The third-order valence-corrected chi connectivity index (χ3v) is 3.63. The average molecular weight is 263 g/mol. The molecule has 5 heteroatoms. The molecule has 102 valence electrons. The molecule has 19 heavy (non-hydrogen) atoms. The van der Waals surface area contributed by atoms with E-state index in [1.165, 1.54) is 0 Å². The van der Waals surface area contributed by atoms with Gasteiger partial charge in [-0.15, -0.1) is 0 Å². The molecule has 1 aliphatic rings. The van der Waals surface area contributed by atoms with Crippen molar-refractivity contribution in [3.8, 4) is 5.75 Å². The lowest BCUT2D eigenvalue weighted by Gasteiger charge is -2.41. The molecule has 0 aromatic heterocycles. The maximum absolute atomic E-state index is 11.9. The van der Waals surface area contributed by atoms with Crippen molar-refractivity contribution in [2.75, 3.05) is 13.1 Å². The van der Waals surface area contributed by atoms with Gasteiger partial charge in [-0.1, -0.05) is 19.1 Å². The van der Waals surface area contributed by atoms with Crippen molar-refractivity contribution in [1.29, 1.82) is 0 Å². The molecule has 1 unspecified atom stereocenters. The van der Waals surface area contributed by atoms with E-state index >= 15 is 0 Å². The number of benzene rings is 1. The van der Waals surface area contributed by atoms with E-state index < -0.39 is 11.9 Å². The van der Waals surface area contributed by atoms with Gasteiger partial charge in [0.15, 0.2) is 0 Å². The van der Waals surface area contributed by atoms with Gasteiger partial charge in [0, 0.05) is 19.0 Å². The molecule has 0 spiro atoms. The van der Waals surface area contributed by atoms with Crippen LogP contribution in [0.3, 0.4) is 0 Å². The summed E-state index contributed by atoms with van der Waals surface area (Å²) in [6.07, 6.45) is 0.239. The van der Waals surface area contributed by atoms with Crippen LogP contribution in [0.2, 0.25) is 0 Å². The first-order chi connectivity index (χ1) is 8.97. The zero-order chi connectivity index (χ0) is 14.0. The first kappa shape index (κ1) is 13.4. The summed E-state index contributed by atoms with van der Waals surface area (Å²) < 4.78 is 0. The van der Waals surface area contributed by atoms with Gasteiger partial charge in [-0.05, 0) is 17.7 Å². The molecule has 1 saturated heterocycles. The summed E-state index contributed by atoms with van der Waals surface area (Å²) in [7, 11) is 0. The summed E-state index contributed by atoms with van der Waals surface area (Å²) in [6, 6.07) is 6.61. The van der Waals surface area contributed by atoms with Gasteiger partial charge in [-0.25, -0.2) is 0 Å². The van der Waals surface area contributed by atoms with Crippen LogP contribution < -0.4 is 0 Å². The number of carboxylic acids is 1. The predicted octanol–water partition coefficient (Wildman–Crippen LogP) is 1.11. The van der Waals surface area contributed by atoms with Gasteiger partial charge in [-0.3, -0.25) is 9.59 Å². The van der Waals surface area contributed by atoms with E-state index in [1.54, 1.807) is 36.1 Å². The zero-order valence-corrected chi connectivity index (χ0v) is 10.7. The van der Waals surface area contributed by atoms with Crippen molar-refractivity contribution in [3.05, 3.63) is 29.8 Å². The number of hydrogen-bond acceptors (Lipinski definition) is 3. The molecule has 1 atom stereocenters. The van der Waals surface area contributed by atoms with E-state index in [4.69, 9.17) is 5.11 Å². The topological polar surface area (TPSA) is 77.8 Å². The van der Waals surface area contributed by atoms with Crippen LogP contribution in [0.4, 0.5) is 0 Å². The minimum absolute atomic E-state index is 0.0283. The number of likely N-dealkylation sites (tertiary alicyclic amines) is 1. The molecule has 1 amide bonds. The third-order valence-electron chi connectivity index (χ3n) is 3.63. The van der Waals surface area contributed by atoms with Crippen molar-refractivity contribution in [2.45, 2.75) is 13.3 Å². The Balaban J connectivity index is 1.85. The molecular formula is C14H17NO4. The first-order valence-electron chi connectivity index (χ1n) is 6.26. The van der Waals surface area contributed by atoms with E-state index in [9.17, 15) is 14.7 Å². The fourth-order valence-electron chi connectivity index (χ4n) is 2.19. The highest BCUT2D eigenvalue weighted by Gasteiger charge is 2.36. The van der Waals surface area contributed by atoms with Gasteiger partial charge in [0.05, 0.1) is 12.3 Å². The first-order valence-corrected chi connectivity index (χ1v) is 6.26. The smallest absolute Gasteiger partial charge is 0.306 e. The van der Waals surface area contributed by atoms with Crippen LogP contribution in [0.5, 0.6) is 5.75 Å². The third kappa shape index (κ3) is 3.05. The molecule has 1 aromatic carbocycles. The number of hydrogen-bond donors (Lipinski definition) is 2. The van der Waals surface area contributed by atoms with Crippen LogP contribution in [0.15, 0.2) is 24.3 Å². The van der Waals surface area contributed by atoms with Gasteiger partial charge in [0.1, 0.15) is 5.75 Å². The van der Waals surface area contributed by atoms with Crippen LogP contribution in [0, 0.1) is 11.8 Å². The summed E-state index contributed by atoms with van der Waals surface area (Å²) in [5, 5.41) is 18.2. The summed E-state index contributed by atoms with van der Waals surface area (Å²) in [6.45, 7) is 2.68. The Morgan fingerprint density at radius 1 is 1.42 bits per heavy atom. The van der Waals surface area contributed by atoms with Crippen molar-refractivity contribution >= 4 is 11.9 Å². The molecule has 0 radical (unpaired) electrons. The van der Waals surface area contributed by atoms with Crippen LogP contribution >= 0.6 is 0 Å². The van der Waals surface area contributed by atoms with E-state index in [0.29, 0.717) is 13.1 Å². The fourth-order valence-corrected chi connectivity index (χ4v) is 2.19. The Kier molecular flexibility index (Phi) is 3.74. The quantitative estimate of drug-likeness (QED) is 0.853. The number of carbonyl (C=O) groups excluding carboxylic acids is 1. The molecule has 1 fully saturated rings. The predicted molar refractivity (Wildman–Crippen MR) is 68.7 cm³/mol. The van der Waals surface area contributed by atoms with Crippen LogP contribution in [0.1, 0.15) is 12.5 Å². The Morgan fingerprint density at radius 2 is 2.11 bits per heavy atom. The molecular weight excluding hydrogens is 246 g/mol. The van der Waals surface area contributed by atoms with Crippen LogP contribution in [0.25, 0.3) is 0 Å². The molecule has 5 nitrogen and oxygen atoms in total. The number of amides is 1. The van der Waals surface area contributed by atoms with Crippen molar-refractivity contribution in [2.24, 2.45) is 11.8 Å². The molecule has 1 aliphatic heterocycles. The van der Waals surface area contributed by atoms with Crippen molar-refractivity contribution < 1.29 is 19.8 Å². The molecule has 0 aliphatic carbocycles. The number of aliphatic carboxylic acids is 1. The van der Waals surface area contributed by atoms with Crippen LogP contribution in [-0.4, -0.2) is 40.1 Å². The molecule has 0 saturated carbocycles. The minimum atomic E-state index is -0.815. The Bertz CT molecular complexity index is 494. The van der Waals surface area contributed by atoms with Gasteiger partial charge in [0.2, 0.25) is 5.91 Å². The Hall–Kier alpha value is -2.04. The normalized spacial score (nSPS) is 16.8. The lowest BCUT2D eigenvalue weighted by Crippen LogP contribution is -2.53. The van der Waals surface area contributed by atoms with Gasteiger partial charge >= 0.3 is 5.97 Å². The number of rotatable bonds is 4. The number of aromatic hydroxyl groups is 1. The number of carbonyl (C=O) groups is 2. The number of phenols is 1. The highest BCUT2D eigenvalue weighted by atomic mass is 16.4. The summed E-state index contributed by atoms with van der Waals surface area (Å²) >= 11 is 0. The Morgan fingerprint density at radius 3 is 2.68 bits per heavy atom. The second-order valence-electron chi connectivity index (χ2n) is 5.03. The maximum Gasteiger partial charge on any atom is 0.306 e. The SMILES string of the molecule is CC(C(=O)O)C1CN(C(=O)Cc2cccc(O)c2)C1. The number of nitrogens with zero attached hydrogens (tertiary/aromatic N) is 1.